The standard InChI is InChI=1S/C31H44N2O5S.Na.H/c1-2-3-4-5-6-7-8-9-10-11-12-13-14-17-24-38-30-19-16-15-18-28(30)29-25-32-33(31(29)34)26-20-22-27(23-21-26)39(35,36)37;;/h15-16,18-23,25,29H,2-14,17,24H2,1H3,(H,35,36,37);;/q;+1;-1. The Balaban J connectivity index is 0.00000420. The van der Waals surface area contributed by atoms with Gasteiger partial charge in [-0.15, -0.1) is 0 Å². The smallest absolute Gasteiger partial charge is 1.00 e. The summed E-state index contributed by atoms with van der Waals surface area (Å²) in [6.07, 6.45) is 19.9. The molecule has 0 aliphatic carbocycles. The van der Waals surface area contributed by atoms with Crippen LogP contribution in [0.4, 0.5) is 5.69 Å². The van der Waals surface area contributed by atoms with Crippen LogP contribution >= 0.6 is 0 Å². The molecule has 2 aromatic rings. The third-order valence-corrected chi connectivity index (χ3v) is 8.06. The fraction of sp³-hybridized carbons (Fsp3) is 0.548. The Kier molecular flexibility index (Phi) is 16.1. The first-order chi connectivity index (χ1) is 18.9. The number of para-hydroxylation sites is 1. The molecular weight excluding hydrogens is 535 g/mol. The quantitative estimate of drug-likeness (QED) is 0.143. The predicted octanol–water partition coefficient (Wildman–Crippen LogP) is 5.03. The van der Waals surface area contributed by atoms with Crippen molar-refractivity contribution in [3.8, 4) is 5.75 Å². The minimum absolute atomic E-state index is 0. The fourth-order valence-corrected chi connectivity index (χ4v) is 5.38. The summed E-state index contributed by atoms with van der Waals surface area (Å²) in [6, 6.07) is 12.9. The maximum absolute atomic E-state index is 13.1. The monoisotopic (exact) mass is 580 g/mol. The molecule has 0 bridgehead atoms. The number of unbranched alkanes of at least 4 members (excludes halogenated alkanes) is 13. The van der Waals surface area contributed by atoms with Crippen molar-refractivity contribution < 1.29 is 53.5 Å². The van der Waals surface area contributed by atoms with Crippen molar-refractivity contribution in [2.75, 3.05) is 11.6 Å². The van der Waals surface area contributed by atoms with Gasteiger partial charge < -0.3 is 6.16 Å². The average Bonchev–Trinajstić information content (AvgIpc) is 3.31. The van der Waals surface area contributed by atoms with Crippen molar-refractivity contribution in [3.05, 3.63) is 54.1 Å². The molecule has 1 atom stereocenters. The summed E-state index contributed by atoms with van der Waals surface area (Å²) in [6.45, 7) is 2.87. The molecule has 7 nitrogen and oxygen atoms in total. The van der Waals surface area contributed by atoms with Crippen LogP contribution < -0.4 is 39.3 Å². The Labute approximate surface area is 264 Å². The van der Waals surface area contributed by atoms with Gasteiger partial charge in [0.05, 0.1) is 17.2 Å². The number of hydrazone groups is 1. The van der Waals surface area contributed by atoms with Crippen LogP contribution in [0.15, 0.2) is 58.5 Å². The Bertz CT molecular complexity index is 1160. The zero-order chi connectivity index (χ0) is 27.9. The number of hydrogen-bond acceptors (Lipinski definition) is 5. The Morgan fingerprint density at radius 2 is 1.35 bits per heavy atom. The van der Waals surface area contributed by atoms with Crippen LogP contribution in [0.5, 0.6) is 5.75 Å². The Morgan fingerprint density at radius 1 is 0.825 bits per heavy atom. The molecule has 1 amide bonds. The van der Waals surface area contributed by atoms with Crippen LogP contribution in [0.1, 0.15) is 110 Å². The minimum atomic E-state index is -4.30. The third-order valence-electron chi connectivity index (χ3n) is 7.19. The summed E-state index contributed by atoms with van der Waals surface area (Å²) in [5, 5.41) is 5.48. The molecule has 0 fully saturated rings. The molecule has 216 valence electrons. The van der Waals surface area contributed by atoms with E-state index in [0.717, 1.165) is 18.4 Å². The van der Waals surface area contributed by atoms with Crippen LogP contribution in [-0.4, -0.2) is 31.7 Å². The summed E-state index contributed by atoms with van der Waals surface area (Å²) in [5.41, 5.74) is 1.18. The molecule has 0 saturated heterocycles. The number of ether oxygens (including phenoxy) is 1. The van der Waals surface area contributed by atoms with Crippen molar-refractivity contribution in [2.45, 2.75) is 108 Å². The molecule has 0 spiro atoms. The SMILES string of the molecule is CCCCCCCCCCCCCCCCOc1ccccc1C1C=NN(c2ccc(S(=O)(=O)O)cc2)C1=O.[H-].[Na+]. The van der Waals surface area contributed by atoms with Gasteiger partial charge in [0.15, 0.2) is 0 Å². The van der Waals surface area contributed by atoms with Gasteiger partial charge in [0.25, 0.3) is 16.0 Å². The largest absolute Gasteiger partial charge is 1.00 e. The van der Waals surface area contributed by atoms with Gasteiger partial charge in [-0.1, -0.05) is 109 Å². The Hall–Kier alpha value is -1.71. The molecular formula is C31H45N2NaO5S. The Morgan fingerprint density at radius 3 is 1.90 bits per heavy atom. The molecule has 0 saturated carbocycles. The number of anilines is 1. The average molecular weight is 581 g/mol. The molecule has 1 N–H and O–H groups in total. The molecule has 0 aromatic heterocycles. The number of carbonyl (C=O) groups is 1. The van der Waals surface area contributed by atoms with Gasteiger partial charge in [-0.25, -0.2) is 5.01 Å². The van der Waals surface area contributed by atoms with E-state index < -0.39 is 16.0 Å². The van der Waals surface area contributed by atoms with Crippen molar-refractivity contribution in [3.63, 3.8) is 0 Å². The molecule has 1 unspecified atom stereocenters. The van der Waals surface area contributed by atoms with Crippen LogP contribution in [0.25, 0.3) is 0 Å². The first kappa shape index (κ1) is 34.5. The van der Waals surface area contributed by atoms with Crippen molar-refractivity contribution in [2.24, 2.45) is 5.10 Å². The van der Waals surface area contributed by atoms with E-state index in [0.29, 0.717) is 18.0 Å². The van der Waals surface area contributed by atoms with E-state index in [1.165, 1.54) is 106 Å². The minimum Gasteiger partial charge on any atom is -1.00 e. The number of nitrogens with zero attached hydrogens (tertiary/aromatic N) is 2. The summed E-state index contributed by atoms with van der Waals surface area (Å²) < 4.78 is 37.8. The number of amides is 1. The van der Waals surface area contributed by atoms with E-state index in [1.54, 1.807) is 6.21 Å². The van der Waals surface area contributed by atoms with Gasteiger partial charge in [-0.2, -0.15) is 13.5 Å². The second kappa shape index (κ2) is 18.7. The van der Waals surface area contributed by atoms with Crippen molar-refractivity contribution in [1.29, 1.82) is 0 Å². The molecule has 9 heteroatoms. The molecule has 1 aliphatic rings. The van der Waals surface area contributed by atoms with Gasteiger partial charge in [0.2, 0.25) is 0 Å². The van der Waals surface area contributed by atoms with Gasteiger partial charge in [0.1, 0.15) is 11.7 Å². The first-order valence-corrected chi connectivity index (χ1v) is 16.0. The molecule has 1 heterocycles. The maximum atomic E-state index is 13.1. The van der Waals surface area contributed by atoms with Gasteiger partial charge in [-0.05, 0) is 36.8 Å². The third kappa shape index (κ3) is 11.3. The maximum Gasteiger partial charge on any atom is 1.00 e. The van der Waals surface area contributed by atoms with Crippen LogP contribution in [0, 0.1) is 0 Å². The van der Waals surface area contributed by atoms with Gasteiger partial charge in [0, 0.05) is 11.8 Å². The van der Waals surface area contributed by atoms with Gasteiger partial charge >= 0.3 is 29.6 Å². The first-order valence-electron chi connectivity index (χ1n) is 14.6. The molecule has 1 aliphatic heterocycles. The zero-order valence-electron chi connectivity index (χ0n) is 25.3. The van der Waals surface area contributed by atoms with E-state index in [4.69, 9.17) is 4.74 Å². The van der Waals surface area contributed by atoms with Crippen molar-refractivity contribution in [1.82, 2.24) is 0 Å². The predicted molar refractivity (Wildman–Crippen MR) is 158 cm³/mol. The summed E-state index contributed by atoms with van der Waals surface area (Å²) in [7, 11) is -4.30. The van der Waals surface area contributed by atoms with E-state index in [9.17, 15) is 17.8 Å². The van der Waals surface area contributed by atoms with E-state index >= 15 is 0 Å². The number of rotatable bonds is 19. The molecule has 0 radical (unpaired) electrons. The zero-order valence-corrected chi connectivity index (χ0v) is 27.1. The number of hydrogen-bond donors (Lipinski definition) is 1. The number of carbonyl (C=O) groups excluding carboxylic acids is 1. The normalized spacial score (nSPS) is 14.9. The second-order valence-corrected chi connectivity index (χ2v) is 11.8. The fourth-order valence-electron chi connectivity index (χ4n) is 4.90. The van der Waals surface area contributed by atoms with Gasteiger partial charge in [-0.3, -0.25) is 9.35 Å². The molecule has 2 aromatic carbocycles. The topological polar surface area (TPSA) is 96.3 Å². The summed E-state index contributed by atoms with van der Waals surface area (Å²) in [4.78, 5) is 12.9. The van der Waals surface area contributed by atoms with Crippen LogP contribution in [0.2, 0.25) is 0 Å². The second-order valence-electron chi connectivity index (χ2n) is 10.3. The summed E-state index contributed by atoms with van der Waals surface area (Å²) >= 11 is 0. The van der Waals surface area contributed by atoms with E-state index in [2.05, 4.69) is 12.0 Å². The van der Waals surface area contributed by atoms with Crippen LogP contribution in [0.3, 0.4) is 0 Å². The van der Waals surface area contributed by atoms with Crippen molar-refractivity contribution >= 4 is 27.9 Å². The van der Waals surface area contributed by atoms with E-state index in [1.807, 2.05) is 24.3 Å². The van der Waals surface area contributed by atoms with E-state index in [-0.39, 0.29) is 41.8 Å². The molecule has 40 heavy (non-hydrogen) atoms. The summed E-state index contributed by atoms with van der Waals surface area (Å²) in [5.74, 6) is -0.151. The molecule has 3 rings (SSSR count). The van der Waals surface area contributed by atoms with Crippen LogP contribution in [-0.2, 0) is 14.9 Å². The number of benzene rings is 2.